The fourth-order valence-electron chi connectivity index (χ4n) is 2.33. The Morgan fingerprint density at radius 3 is 1.88 bits per heavy atom. The van der Waals surface area contributed by atoms with Crippen LogP contribution in [0.5, 0.6) is 0 Å². The lowest BCUT2D eigenvalue weighted by Gasteiger charge is -2.34. The third kappa shape index (κ3) is 7.05. The zero-order chi connectivity index (χ0) is 13.6. The Bertz CT molecular complexity index is 192. The van der Waals surface area contributed by atoms with Crippen LogP contribution in [-0.4, -0.2) is 37.1 Å². The molecule has 0 aliphatic carbocycles. The second kappa shape index (κ2) is 7.38. The molecule has 0 aromatic carbocycles. The molecule has 2 heteroatoms. The summed E-state index contributed by atoms with van der Waals surface area (Å²) in [7, 11) is 2.08. The molecule has 2 nitrogen and oxygen atoms in total. The Morgan fingerprint density at radius 1 is 1.06 bits per heavy atom. The maximum atomic E-state index is 3.46. The number of hydrogen-bond acceptors (Lipinski definition) is 2. The molecule has 0 heterocycles. The highest BCUT2D eigenvalue weighted by atomic mass is 15.1. The second-order valence-corrected chi connectivity index (χ2v) is 6.98. The van der Waals surface area contributed by atoms with Crippen LogP contribution in [0, 0.1) is 11.3 Å². The summed E-state index contributed by atoms with van der Waals surface area (Å²) in [6.07, 6.45) is 1.23. The largest absolute Gasteiger partial charge is 0.316 e. The summed E-state index contributed by atoms with van der Waals surface area (Å²) >= 11 is 0. The van der Waals surface area contributed by atoms with Crippen molar-refractivity contribution in [2.75, 3.05) is 20.1 Å². The van der Waals surface area contributed by atoms with E-state index >= 15 is 0 Å². The van der Waals surface area contributed by atoms with E-state index in [1.807, 2.05) is 0 Å². The Hall–Kier alpha value is -0.0800. The van der Waals surface area contributed by atoms with Gasteiger partial charge in [0.1, 0.15) is 0 Å². The summed E-state index contributed by atoms with van der Waals surface area (Å²) < 4.78 is 0. The molecule has 1 unspecified atom stereocenters. The van der Waals surface area contributed by atoms with Crippen LogP contribution in [0.1, 0.15) is 54.9 Å². The van der Waals surface area contributed by atoms with E-state index in [0.29, 0.717) is 17.5 Å². The monoisotopic (exact) mass is 242 g/mol. The minimum absolute atomic E-state index is 0.342. The average Bonchev–Trinajstić information content (AvgIpc) is 2.13. The first-order chi connectivity index (χ1) is 7.68. The zero-order valence-electron chi connectivity index (χ0n) is 13.3. The molecule has 1 atom stereocenters. The fraction of sp³-hybridized carbons (Fsp3) is 1.00. The number of rotatable bonds is 7. The number of hydrogen-bond donors (Lipinski definition) is 1. The van der Waals surface area contributed by atoms with Gasteiger partial charge in [-0.1, -0.05) is 34.6 Å². The Balaban J connectivity index is 4.28. The third-order valence-corrected chi connectivity index (χ3v) is 3.43. The maximum absolute atomic E-state index is 3.46. The van der Waals surface area contributed by atoms with E-state index < -0.39 is 0 Å². The van der Waals surface area contributed by atoms with E-state index in [-0.39, 0.29) is 0 Å². The summed E-state index contributed by atoms with van der Waals surface area (Å²) in [6.45, 7) is 18.5. The van der Waals surface area contributed by atoms with Gasteiger partial charge in [-0.15, -0.1) is 0 Å². The summed E-state index contributed by atoms with van der Waals surface area (Å²) in [5, 5.41) is 3.46. The van der Waals surface area contributed by atoms with Gasteiger partial charge in [0.05, 0.1) is 0 Å². The molecular weight excluding hydrogens is 208 g/mol. The molecule has 0 aromatic rings. The molecular formula is C15H34N2. The van der Waals surface area contributed by atoms with Gasteiger partial charge in [0.25, 0.3) is 0 Å². The highest BCUT2D eigenvalue weighted by Crippen LogP contribution is 2.22. The van der Waals surface area contributed by atoms with Crippen molar-refractivity contribution in [3.8, 4) is 0 Å². The van der Waals surface area contributed by atoms with Gasteiger partial charge in [-0.05, 0) is 45.2 Å². The molecule has 0 rings (SSSR count). The standard InChI is InChI=1S/C15H34N2/c1-12(2)11-17(13(3)4)10-9-14(16-8)15(5,6)7/h12-14,16H,9-11H2,1-8H3. The zero-order valence-corrected chi connectivity index (χ0v) is 13.3. The fourth-order valence-corrected chi connectivity index (χ4v) is 2.33. The van der Waals surface area contributed by atoms with Crippen LogP contribution in [0.15, 0.2) is 0 Å². The normalized spacial score (nSPS) is 15.0. The van der Waals surface area contributed by atoms with E-state index in [1.165, 1.54) is 19.5 Å². The van der Waals surface area contributed by atoms with Gasteiger partial charge in [-0.2, -0.15) is 0 Å². The van der Waals surface area contributed by atoms with E-state index in [0.717, 1.165) is 5.92 Å². The molecule has 0 amide bonds. The molecule has 0 saturated heterocycles. The minimum Gasteiger partial charge on any atom is -0.316 e. The maximum Gasteiger partial charge on any atom is 0.0125 e. The summed E-state index contributed by atoms with van der Waals surface area (Å²) in [6, 6.07) is 1.24. The van der Waals surface area contributed by atoms with Crippen LogP contribution in [0.3, 0.4) is 0 Å². The van der Waals surface area contributed by atoms with Gasteiger partial charge < -0.3 is 10.2 Å². The molecule has 17 heavy (non-hydrogen) atoms. The smallest absolute Gasteiger partial charge is 0.0125 e. The van der Waals surface area contributed by atoms with Gasteiger partial charge in [0.15, 0.2) is 0 Å². The molecule has 0 aromatic heterocycles. The van der Waals surface area contributed by atoms with Crippen molar-refractivity contribution in [2.24, 2.45) is 11.3 Å². The first-order valence-corrected chi connectivity index (χ1v) is 7.09. The van der Waals surface area contributed by atoms with Gasteiger partial charge in [-0.3, -0.25) is 0 Å². The lowest BCUT2D eigenvalue weighted by atomic mass is 9.84. The summed E-state index contributed by atoms with van der Waals surface area (Å²) in [4.78, 5) is 2.60. The van der Waals surface area contributed by atoms with Crippen molar-refractivity contribution in [1.82, 2.24) is 10.2 Å². The predicted octanol–water partition coefficient (Wildman–Crippen LogP) is 3.38. The summed E-state index contributed by atoms with van der Waals surface area (Å²) in [5.74, 6) is 0.750. The Labute approximate surface area is 109 Å². The van der Waals surface area contributed by atoms with Crippen LogP contribution >= 0.6 is 0 Å². The first-order valence-electron chi connectivity index (χ1n) is 7.09. The predicted molar refractivity (Wildman–Crippen MR) is 78.5 cm³/mol. The quantitative estimate of drug-likeness (QED) is 0.736. The highest BCUT2D eigenvalue weighted by molar-refractivity contribution is 4.80. The SMILES string of the molecule is CNC(CCN(CC(C)C)C(C)C)C(C)(C)C. The van der Waals surface area contributed by atoms with Crippen molar-refractivity contribution in [1.29, 1.82) is 0 Å². The van der Waals surface area contributed by atoms with Crippen LogP contribution in [0.25, 0.3) is 0 Å². The van der Waals surface area contributed by atoms with E-state index in [2.05, 4.69) is 65.7 Å². The molecule has 0 spiro atoms. The first kappa shape index (κ1) is 16.9. The van der Waals surface area contributed by atoms with E-state index in [1.54, 1.807) is 0 Å². The molecule has 1 N–H and O–H groups in total. The highest BCUT2D eigenvalue weighted by Gasteiger charge is 2.23. The number of nitrogens with one attached hydrogen (secondary N) is 1. The molecule has 0 radical (unpaired) electrons. The van der Waals surface area contributed by atoms with Crippen molar-refractivity contribution in [3.63, 3.8) is 0 Å². The van der Waals surface area contributed by atoms with Gasteiger partial charge >= 0.3 is 0 Å². The topological polar surface area (TPSA) is 15.3 Å². The van der Waals surface area contributed by atoms with Crippen molar-refractivity contribution >= 4 is 0 Å². The Morgan fingerprint density at radius 2 is 1.59 bits per heavy atom. The van der Waals surface area contributed by atoms with E-state index in [9.17, 15) is 0 Å². The minimum atomic E-state index is 0.342. The van der Waals surface area contributed by atoms with Gasteiger partial charge in [-0.25, -0.2) is 0 Å². The lowest BCUT2D eigenvalue weighted by molar-refractivity contribution is 0.167. The molecule has 0 saturated carbocycles. The molecule has 0 aliphatic rings. The number of nitrogens with zero attached hydrogens (tertiary/aromatic N) is 1. The van der Waals surface area contributed by atoms with Crippen LogP contribution in [-0.2, 0) is 0 Å². The molecule has 0 aliphatic heterocycles. The van der Waals surface area contributed by atoms with E-state index in [4.69, 9.17) is 0 Å². The average molecular weight is 242 g/mol. The summed E-state index contributed by atoms with van der Waals surface area (Å²) in [5.41, 5.74) is 0.342. The third-order valence-electron chi connectivity index (χ3n) is 3.43. The Kier molecular flexibility index (Phi) is 7.34. The van der Waals surface area contributed by atoms with Gasteiger partial charge in [0.2, 0.25) is 0 Å². The molecule has 0 bridgehead atoms. The molecule has 0 fully saturated rings. The van der Waals surface area contributed by atoms with Gasteiger partial charge in [0, 0.05) is 18.6 Å². The second-order valence-electron chi connectivity index (χ2n) is 6.98. The van der Waals surface area contributed by atoms with Crippen molar-refractivity contribution < 1.29 is 0 Å². The van der Waals surface area contributed by atoms with Crippen LogP contribution < -0.4 is 5.32 Å². The van der Waals surface area contributed by atoms with Crippen LogP contribution in [0.2, 0.25) is 0 Å². The lowest BCUT2D eigenvalue weighted by Crippen LogP contribution is -2.43. The molecule has 104 valence electrons. The van der Waals surface area contributed by atoms with Crippen molar-refractivity contribution in [2.45, 2.75) is 67.0 Å². The van der Waals surface area contributed by atoms with Crippen LogP contribution in [0.4, 0.5) is 0 Å². The van der Waals surface area contributed by atoms with Crippen molar-refractivity contribution in [3.05, 3.63) is 0 Å².